The average Bonchev–Trinajstić information content (AvgIpc) is 3.48. The molecule has 2 aromatic carbocycles. The fourth-order valence-electron chi connectivity index (χ4n) is 4.89. The molecule has 5 rings (SSSR count). The van der Waals surface area contributed by atoms with Crippen LogP contribution in [-0.4, -0.2) is 51.1 Å². The number of rotatable bonds is 7. The number of anilines is 1. The van der Waals surface area contributed by atoms with Crippen molar-refractivity contribution in [1.29, 1.82) is 0 Å². The Morgan fingerprint density at radius 3 is 2.57 bits per heavy atom. The minimum Gasteiger partial charge on any atom is -0.457 e. The number of ether oxygens (including phenoxy) is 1. The van der Waals surface area contributed by atoms with Gasteiger partial charge in [0, 0.05) is 24.7 Å². The normalized spacial score (nSPS) is 16.0. The van der Waals surface area contributed by atoms with Gasteiger partial charge in [-0.1, -0.05) is 37.3 Å². The van der Waals surface area contributed by atoms with E-state index in [0.717, 1.165) is 53.9 Å². The van der Waals surface area contributed by atoms with Gasteiger partial charge in [0.2, 0.25) is 5.91 Å². The molecule has 1 fully saturated rings. The van der Waals surface area contributed by atoms with E-state index >= 15 is 0 Å². The summed E-state index contributed by atoms with van der Waals surface area (Å²) in [5.41, 5.74) is 8.75. The van der Waals surface area contributed by atoms with Crippen LogP contribution >= 0.6 is 0 Å². The van der Waals surface area contributed by atoms with Crippen LogP contribution in [0.2, 0.25) is 0 Å². The van der Waals surface area contributed by atoms with E-state index in [1.165, 1.54) is 6.33 Å². The van der Waals surface area contributed by atoms with Crippen LogP contribution in [-0.2, 0) is 4.79 Å². The zero-order valence-electron chi connectivity index (χ0n) is 20.1. The van der Waals surface area contributed by atoms with Crippen molar-refractivity contribution >= 4 is 22.8 Å². The van der Waals surface area contributed by atoms with Crippen LogP contribution in [0.3, 0.4) is 0 Å². The maximum Gasteiger partial charge on any atom is 0.238 e. The van der Waals surface area contributed by atoms with Crippen LogP contribution < -0.4 is 15.5 Å². The van der Waals surface area contributed by atoms with Crippen molar-refractivity contribution < 1.29 is 9.53 Å². The molecule has 180 valence electrons. The third-order valence-electron chi connectivity index (χ3n) is 6.65. The molecule has 0 saturated carbocycles. The third kappa shape index (κ3) is 4.57. The SMILES string of the molecule is CCN1CCCC1CN(C(C)=O)n1cc(-c2ccc(Oc3ccccc3)cc2)c2c(N)ncnc21. The number of likely N-dealkylation sites (tertiary alicyclic amines) is 1. The molecule has 8 heteroatoms. The first kappa shape index (κ1) is 22.9. The van der Waals surface area contributed by atoms with Crippen molar-refractivity contribution in [3.05, 3.63) is 67.1 Å². The van der Waals surface area contributed by atoms with Crippen LogP contribution in [0.25, 0.3) is 22.2 Å². The molecule has 35 heavy (non-hydrogen) atoms. The highest BCUT2D eigenvalue weighted by atomic mass is 16.5. The lowest BCUT2D eigenvalue weighted by Gasteiger charge is -2.30. The molecule has 3 heterocycles. The number of fused-ring (bicyclic) bond motifs is 1. The lowest BCUT2D eigenvalue weighted by molar-refractivity contribution is -0.118. The van der Waals surface area contributed by atoms with E-state index in [1.807, 2.05) is 65.5 Å². The molecular weight excluding hydrogens is 440 g/mol. The van der Waals surface area contributed by atoms with Gasteiger partial charge >= 0.3 is 0 Å². The Kier molecular flexibility index (Phi) is 6.37. The molecule has 0 bridgehead atoms. The molecule has 1 aliphatic heterocycles. The number of amides is 1. The van der Waals surface area contributed by atoms with Crippen LogP contribution in [0, 0.1) is 0 Å². The van der Waals surface area contributed by atoms with Gasteiger partial charge in [0.25, 0.3) is 0 Å². The number of benzene rings is 2. The summed E-state index contributed by atoms with van der Waals surface area (Å²) in [5, 5.41) is 2.50. The van der Waals surface area contributed by atoms with Gasteiger partial charge in [-0.2, -0.15) is 0 Å². The van der Waals surface area contributed by atoms with Gasteiger partial charge in [0.1, 0.15) is 23.6 Å². The number of likely N-dealkylation sites (N-methyl/N-ethyl adjacent to an activating group) is 1. The highest BCUT2D eigenvalue weighted by molar-refractivity contribution is 6.01. The Balaban J connectivity index is 1.51. The van der Waals surface area contributed by atoms with Crippen LogP contribution in [0.15, 0.2) is 67.1 Å². The lowest BCUT2D eigenvalue weighted by Crippen LogP contribution is -2.47. The van der Waals surface area contributed by atoms with Gasteiger partial charge < -0.3 is 10.5 Å². The minimum atomic E-state index is -0.0415. The van der Waals surface area contributed by atoms with E-state index in [-0.39, 0.29) is 5.91 Å². The molecule has 1 saturated heterocycles. The Morgan fingerprint density at radius 2 is 1.86 bits per heavy atom. The van der Waals surface area contributed by atoms with E-state index in [4.69, 9.17) is 10.5 Å². The molecule has 8 nitrogen and oxygen atoms in total. The van der Waals surface area contributed by atoms with Crippen molar-refractivity contribution in [3.63, 3.8) is 0 Å². The zero-order chi connectivity index (χ0) is 24.4. The summed E-state index contributed by atoms with van der Waals surface area (Å²) in [6.45, 7) is 6.40. The van der Waals surface area contributed by atoms with Gasteiger partial charge in [-0.3, -0.25) is 9.69 Å². The molecule has 0 radical (unpaired) electrons. The second-order valence-electron chi connectivity index (χ2n) is 8.81. The highest BCUT2D eigenvalue weighted by Gasteiger charge is 2.28. The van der Waals surface area contributed by atoms with E-state index in [1.54, 1.807) is 11.9 Å². The summed E-state index contributed by atoms with van der Waals surface area (Å²) in [6, 6.07) is 17.8. The second kappa shape index (κ2) is 9.76. The third-order valence-corrected chi connectivity index (χ3v) is 6.65. The molecule has 4 aromatic rings. The van der Waals surface area contributed by atoms with Crippen molar-refractivity contribution in [2.24, 2.45) is 0 Å². The van der Waals surface area contributed by atoms with Crippen molar-refractivity contribution in [2.45, 2.75) is 32.7 Å². The van der Waals surface area contributed by atoms with Gasteiger partial charge in [0.15, 0.2) is 5.65 Å². The van der Waals surface area contributed by atoms with Crippen molar-refractivity contribution in [2.75, 3.05) is 30.4 Å². The number of aromatic nitrogens is 3. The standard InChI is InChI=1S/C27H30N6O2/c1-3-31-15-7-8-21(31)16-32(19(2)34)33-17-24(25-26(28)29-18-30-27(25)33)20-11-13-23(14-12-20)35-22-9-5-4-6-10-22/h4-6,9-14,17-18,21H,3,7-8,15-16H2,1-2H3,(H2,28,29,30). The molecule has 0 aliphatic carbocycles. The fourth-order valence-corrected chi connectivity index (χ4v) is 4.89. The van der Waals surface area contributed by atoms with Gasteiger partial charge in [-0.25, -0.2) is 19.7 Å². The molecular formula is C27H30N6O2. The number of carbonyl (C=O) groups is 1. The first-order valence-electron chi connectivity index (χ1n) is 12.0. The predicted octanol–water partition coefficient (Wildman–Crippen LogP) is 4.44. The summed E-state index contributed by atoms with van der Waals surface area (Å²) in [7, 11) is 0. The maximum atomic E-state index is 12.8. The van der Waals surface area contributed by atoms with Crippen molar-refractivity contribution in [1.82, 2.24) is 19.5 Å². The van der Waals surface area contributed by atoms with Gasteiger partial charge in [-0.05, 0) is 55.8 Å². The number of nitrogens with two attached hydrogens (primary N) is 1. The average molecular weight is 471 g/mol. The number of para-hydroxylation sites is 1. The maximum absolute atomic E-state index is 12.8. The molecule has 2 N–H and O–H groups in total. The molecule has 1 amide bonds. The van der Waals surface area contributed by atoms with Crippen LogP contribution in [0.1, 0.15) is 26.7 Å². The Morgan fingerprint density at radius 1 is 1.11 bits per heavy atom. The topological polar surface area (TPSA) is 89.5 Å². The number of nitrogen functional groups attached to an aromatic ring is 1. The summed E-state index contributed by atoms with van der Waals surface area (Å²) >= 11 is 0. The smallest absolute Gasteiger partial charge is 0.238 e. The number of nitrogens with zero attached hydrogens (tertiary/aromatic N) is 5. The van der Waals surface area contributed by atoms with Crippen LogP contribution in [0.5, 0.6) is 11.5 Å². The van der Waals surface area contributed by atoms with Crippen LogP contribution in [0.4, 0.5) is 5.82 Å². The Bertz CT molecular complexity index is 1320. The molecule has 1 atom stereocenters. The molecule has 0 spiro atoms. The Labute approximate surface area is 204 Å². The van der Waals surface area contributed by atoms with E-state index in [0.29, 0.717) is 24.1 Å². The lowest BCUT2D eigenvalue weighted by atomic mass is 10.1. The first-order chi connectivity index (χ1) is 17.0. The fraction of sp³-hybridized carbons (Fsp3) is 0.296. The van der Waals surface area contributed by atoms with Gasteiger partial charge in [-0.15, -0.1) is 0 Å². The summed E-state index contributed by atoms with van der Waals surface area (Å²) in [5.74, 6) is 1.85. The first-order valence-corrected chi connectivity index (χ1v) is 12.0. The van der Waals surface area contributed by atoms with E-state index in [9.17, 15) is 4.79 Å². The quantitative estimate of drug-likeness (QED) is 0.429. The van der Waals surface area contributed by atoms with E-state index < -0.39 is 0 Å². The molecule has 2 aromatic heterocycles. The number of hydrogen-bond acceptors (Lipinski definition) is 6. The number of carbonyl (C=O) groups excluding carboxylic acids is 1. The molecule has 1 aliphatic rings. The minimum absolute atomic E-state index is 0.0415. The summed E-state index contributed by atoms with van der Waals surface area (Å²) in [4.78, 5) is 24.0. The van der Waals surface area contributed by atoms with Crippen molar-refractivity contribution in [3.8, 4) is 22.6 Å². The zero-order valence-corrected chi connectivity index (χ0v) is 20.1. The molecule has 1 unspecified atom stereocenters. The van der Waals surface area contributed by atoms with Gasteiger partial charge in [0.05, 0.1) is 11.9 Å². The summed E-state index contributed by atoms with van der Waals surface area (Å²) < 4.78 is 7.78. The Hall–Kier alpha value is -3.91. The predicted molar refractivity (Wildman–Crippen MR) is 138 cm³/mol. The van der Waals surface area contributed by atoms with E-state index in [2.05, 4.69) is 21.8 Å². The summed E-state index contributed by atoms with van der Waals surface area (Å²) in [6.07, 6.45) is 5.61. The largest absolute Gasteiger partial charge is 0.457 e. The number of hydrogen-bond donors (Lipinski definition) is 1. The highest BCUT2D eigenvalue weighted by Crippen LogP contribution is 2.34. The second-order valence-corrected chi connectivity index (χ2v) is 8.81. The monoisotopic (exact) mass is 470 g/mol.